The second-order valence-corrected chi connectivity index (χ2v) is 3.85. The van der Waals surface area contributed by atoms with Gasteiger partial charge in [-0.25, -0.2) is 9.71 Å². The van der Waals surface area contributed by atoms with E-state index in [4.69, 9.17) is 11.6 Å². The van der Waals surface area contributed by atoms with E-state index >= 15 is 0 Å². The molecule has 0 atom stereocenters. The van der Waals surface area contributed by atoms with E-state index in [0.717, 1.165) is 21.0 Å². The van der Waals surface area contributed by atoms with Gasteiger partial charge in [0.1, 0.15) is 5.52 Å². The molecule has 2 heterocycles. The number of halogens is 1. The first-order valence-electron chi connectivity index (χ1n) is 4.55. The quantitative estimate of drug-likeness (QED) is 0.457. The molecule has 0 saturated carbocycles. The van der Waals surface area contributed by atoms with Gasteiger partial charge >= 0.3 is 0 Å². The molecule has 0 aliphatic heterocycles. The second kappa shape index (κ2) is 2.87. The van der Waals surface area contributed by atoms with Crippen LogP contribution in [0.4, 0.5) is 0 Å². The van der Waals surface area contributed by atoms with Crippen LogP contribution in [0.5, 0.6) is 0 Å². The van der Waals surface area contributed by atoms with Crippen molar-refractivity contribution in [2.45, 2.75) is 0 Å². The first-order chi connectivity index (χ1) is 7.25. The molecule has 3 rings (SSSR count). The number of nitrogens with zero attached hydrogens (tertiary/aromatic N) is 1. The number of aromatic nitrogens is 2. The molecule has 0 unspecified atom stereocenters. The lowest BCUT2D eigenvalue weighted by Gasteiger charge is -1.99. The van der Waals surface area contributed by atoms with Gasteiger partial charge in [0.15, 0.2) is 0 Å². The number of H-pyrrole nitrogens is 1. The molecule has 0 radical (unpaired) electrons. The summed E-state index contributed by atoms with van der Waals surface area (Å²) in [6, 6.07) is 9.16. The van der Waals surface area contributed by atoms with Crippen molar-refractivity contribution >= 4 is 33.5 Å². The molecule has 4 heteroatoms. The predicted molar refractivity (Wildman–Crippen MR) is 59.8 cm³/mol. The maximum atomic E-state index is 11.5. The van der Waals surface area contributed by atoms with E-state index in [2.05, 4.69) is 4.98 Å². The Bertz CT molecular complexity index is 660. The van der Waals surface area contributed by atoms with Crippen molar-refractivity contribution in [2.24, 2.45) is 0 Å². The number of rotatable bonds is 0. The van der Waals surface area contributed by atoms with Gasteiger partial charge in [-0.05, 0) is 30.3 Å². The molecular formula is C11H7ClN2O. The minimum absolute atomic E-state index is 0.565. The fourth-order valence-corrected chi connectivity index (χ4v) is 1.98. The van der Waals surface area contributed by atoms with Crippen LogP contribution in [-0.2, 0) is 0 Å². The Morgan fingerprint density at radius 1 is 1.20 bits per heavy atom. The fraction of sp³-hybridized carbons (Fsp3) is 0. The van der Waals surface area contributed by atoms with Crippen molar-refractivity contribution < 1.29 is 4.73 Å². The van der Waals surface area contributed by atoms with Gasteiger partial charge in [-0.1, -0.05) is 11.6 Å². The van der Waals surface area contributed by atoms with Gasteiger partial charge in [0.05, 0.1) is 11.6 Å². The van der Waals surface area contributed by atoms with Crippen LogP contribution in [0, 0.1) is 5.21 Å². The number of aromatic amines is 1. The Labute approximate surface area is 90.5 Å². The Balaban J connectivity index is 2.58. The van der Waals surface area contributed by atoms with Crippen molar-refractivity contribution in [2.75, 3.05) is 0 Å². The predicted octanol–water partition coefficient (Wildman–Crippen LogP) is 2.61. The van der Waals surface area contributed by atoms with Crippen LogP contribution in [0.1, 0.15) is 0 Å². The van der Waals surface area contributed by atoms with Crippen molar-refractivity contribution in [1.82, 2.24) is 4.98 Å². The van der Waals surface area contributed by atoms with Crippen molar-refractivity contribution in [3.05, 3.63) is 46.8 Å². The molecule has 3 nitrogen and oxygen atoms in total. The third-order valence-electron chi connectivity index (χ3n) is 2.48. The zero-order valence-electron chi connectivity index (χ0n) is 7.70. The normalized spacial score (nSPS) is 11.3. The maximum Gasteiger partial charge on any atom is 0.290 e. The van der Waals surface area contributed by atoms with Crippen LogP contribution >= 0.6 is 11.6 Å². The van der Waals surface area contributed by atoms with Gasteiger partial charge in [-0.3, -0.25) is 0 Å². The number of hydrogen-bond acceptors (Lipinski definition) is 1. The third kappa shape index (κ3) is 1.17. The van der Waals surface area contributed by atoms with Gasteiger partial charge in [-0.15, -0.1) is 0 Å². The summed E-state index contributed by atoms with van der Waals surface area (Å²) in [5.74, 6) is 0. The van der Waals surface area contributed by atoms with E-state index in [1.807, 2.05) is 18.2 Å². The number of benzene rings is 1. The van der Waals surface area contributed by atoms with Crippen molar-refractivity contribution in [3.63, 3.8) is 0 Å². The van der Waals surface area contributed by atoms with Gasteiger partial charge < -0.3 is 5.21 Å². The summed E-state index contributed by atoms with van der Waals surface area (Å²) in [4.78, 5) is 3.07. The number of nitrogens with one attached hydrogen (secondary N) is 1. The van der Waals surface area contributed by atoms with E-state index in [0.29, 0.717) is 10.7 Å². The van der Waals surface area contributed by atoms with Gasteiger partial charge in [-0.2, -0.15) is 0 Å². The molecule has 0 saturated heterocycles. The van der Waals surface area contributed by atoms with Crippen LogP contribution < -0.4 is 4.73 Å². The second-order valence-electron chi connectivity index (χ2n) is 3.41. The highest BCUT2D eigenvalue weighted by atomic mass is 35.5. The molecule has 0 fully saturated rings. The molecule has 0 aliphatic carbocycles. The summed E-state index contributed by atoms with van der Waals surface area (Å²) in [7, 11) is 0. The zero-order chi connectivity index (χ0) is 10.4. The van der Waals surface area contributed by atoms with E-state index in [1.54, 1.807) is 12.1 Å². The highest BCUT2D eigenvalue weighted by Crippen LogP contribution is 2.25. The molecule has 1 aromatic carbocycles. The molecular weight excluding hydrogens is 212 g/mol. The molecule has 2 aromatic heterocycles. The zero-order valence-corrected chi connectivity index (χ0v) is 8.45. The van der Waals surface area contributed by atoms with Crippen LogP contribution in [0.3, 0.4) is 0 Å². The number of hydrogen-bond donors (Lipinski definition) is 1. The van der Waals surface area contributed by atoms with E-state index in [1.165, 1.54) is 6.20 Å². The topological polar surface area (TPSA) is 42.7 Å². The maximum absolute atomic E-state index is 11.5. The molecule has 15 heavy (non-hydrogen) atoms. The molecule has 0 spiro atoms. The molecule has 3 aromatic rings. The standard InChI is InChI=1S/C11H7ClN2O/c12-7-3-4-10-9(6-7)8-2-1-5-14(15)11(8)13-10/h1-6,13H. The lowest BCUT2D eigenvalue weighted by molar-refractivity contribution is -0.578. The van der Waals surface area contributed by atoms with Gasteiger partial charge in [0, 0.05) is 10.4 Å². The van der Waals surface area contributed by atoms with Crippen molar-refractivity contribution in [1.29, 1.82) is 0 Å². The molecule has 0 bridgehead atoms. The molecule has 74 valence electrons. The highest BCUT2D eigenvalue weighted by Gasteiger charge is 2.10. The Hall–Kier alpha value is -1.74. The Morgan fingerprint density at radius 3 is 2.93 bits per heavy atom. The first kappa shape index (κ1) is 8.56. The van der Waals surface area contributed by atoms with Crippen LogP contribution in [0.15, 0.2) is 36.5 Å². The largest absolute Gasteiger partial charge is 0.711 e. The monoisotopic (exact) mass is 218 g/mol. The highest BCUT2D eigenvalue weighted by molar-refractivity contribution is 6.31. The first-order valence-corrected chi connectivity index (χ1v) is 4.92. The summed E-state index contributed by atoms with van der Waals surface area (Å²) < 4.78 is 0.823. The molecule has 0 aliphatic rings. The third-order valence-corrected chi connectivity index (χ3v) is 2.72. The minimum Gasteiger partial charge on any atom is -0.711 e. The van der Waals surface area contributed by atoms with Crippen LogP contribution in [0.25, 0.3) is 21.9 Å². The fourth-order valence-electron chi connectivity index (χ4n) is 1.81. The van der Waals surface area contributed by atoms with Gasteiger partial charge in [0.25, 0.3) is 5.65 Å². The Kier molecular flexibility index (Phi) is 1.64. The summed E-state index contributed by atoms with van der Waals surface area (Å²) in [6.45, 7) is 0. The minimum atomic E-state index is 0.565. The average Bonchev–Trinajstić information content (AvgIpc) is 2.58. The summed E-state index contributed by atoms with van der Waals surface area (Å²) >= 11 is 5.92. The SMILES string of the molecule is [O-][n+]1cccc2c3cc(Cl)ccc3[nH]c21. The average molecular weight is 219 g/mol. The number of pyridine rings is 1. The summed E-state index contributed by atoms with van der Waals surface area (Å²) in [5.41, 5.74) is 1.49. The van der Waals surface area contributed by atoms with Crippen LogP contribution in [0.2, 0.25) is 5.02 Å². The smallest absolute Gasteiger partial charge is 0.290 e. The number of fused-ring (bicyclic) bond motifs is 3. The van der Waals surface area contributed by atoms with E-state index in [9.17, 15) is 5.21 Å². The van der Waals surface area contributed by atoms with E-state index < -0.39 is 0 Å². The molecule has 1 N–H and O–H groups in total. The molecule has 0 amide bonds. The lowest BCUT2D eigenvalue weighted by Crippen LogP contribution is -2.25. The summed E-state index contributed by atoms with van der Waals surface area (Å²) in [5, 5.41) is 14.0. The summed E-state index contributed by atoms with van der Waals surface area (Å²) in [6.07, 6.45) is 1.47. The Morgan fingerprint density at radius 2 is 2.07 bits per heavy atom. The van der Waals surface area contributed by atoms with E-state index in [-0.39, 0.29) is 0 Å². The van der Waals surface area contributed by atoms with Gasteiger partial charge in [0.2, 0.25) is 0 Å². The van der Waals surface area contributed by atoms with Crippen LogP contribution in [-0.4, -0.2) is 4.98 Å². The lowest BCUT2D eigenvalue weighted by atomic mass is 10.2. The van der Waals surface area contributed by atoms with Crippen molar-refractivity contribution in [3.8, 4) is 0 Å².